The Hall–Kier alpha value is -0.120. The molecule has 1 aliphatic rings. The predicted octanol–water partition coefficient (Wildman–Crippen LogP) is 0.619. The van der Waals surface area contributed by atoms with E-state index in [0.29, 0.717) is 5.96 Å². The van der Waals surface area contributed by atoms with E-state index in [4.69, 9.17) is 10.5 Å². The molecule has 1 saturated heterocycles. The van der Waals surface area contributed by atoms with Crippen molar-refractivity contribution in [1.82, 2.24) is 15.5 Å². The summed E-state index contributed by atoms with van der Waals surface area (Å²) in [6.45, 7) is 13.8. The molecule has 1 aliphatic heterocycles. The number of ether oxygens (including phenoxy) is 1. The molecule has 6 nitrogen and oxygen atoms in total. The van der Waals surface area contributed by atoms with E-state index in [-0.39, 0.29) is 29.5 Å². The molecule has 1 heterocycles. The Kier molecular flexibility index (Phi) is 11.4. The van der Waals surface area contributed by atoms with E-state index in [9.17, 15) is 0 Å². The van der Waals surface area contributed by atoms with Crippen LogP contribution in [0.4, 0.5) is 0 Å². The van der Waals surface area contributed by atoms with Crippen LogP contribution in [0, 0.1) is 0 Å². The van der Waals surface area contributed by atoms with E-state index in [0.717, 1.165) is 58.9 Å². The van der Waals surface area contributed by atoms with Crippen molar-refractivity contribution in [1.29, 1.82) is 0 Å². The van der Waals surface area contributed by atoms with Gasteiger partial charge >= 0.3 is 0 Å². The number of hydrogen-bond donors (Lipinski definition) is 3. The summed E-state index contributed by atoms with van der Waals surface area (Å²) in [7, 11) is 0. The maximum absolute atomic E-state index is 5.82. The molecule has 0 saturated carbocycles. The number of guanidine groups is 1. The first-order valence-corrected chi connectivity index (χ1v) is 7.56. The number of nitrogens with zero attached hydrogens (tertiary/aromatic N) is 2. The number of hydrogen-bond acceptors (Lipinski definition) is 4. The third-order valence-corrected chi connectivity index (χ3v) is 3.10. The minimum Gasteiger partial charge on any atom is -0.379 e. The Morgan fingerprint density at radius 1 is 1.24 bits per heavy atom. The highest BCUT2D eigenvalue weighted by Gasteiger charge is 2.09. The summed E-state index contributed by atoms with van der Waals surface area (Å²) >= 11 is 0. The van der Waals surface area contributed by atoms with Gasteiger partial charge in [-0.3, -0.25) is 9.89 Å². The fourth-order valence-electron chi connectivity index (χ4n) is 2.00. The van der Waals surface area contributed by atoms with Crippen LogP contribution in [0.1, 0.15) is 27.2 Å². The lowest BCUT2D eigenvalue weighted by atomic mass is 10.1. The van der Waals surface area contributed by atoms with Crippen molar-refractivity contribution >= 4 is 29.9 Å². The van der Waals surface area contributed by atoms with Crippen LogP contribution in [0.2, 0.25) is 0 Å². The zero-order valence-corrected chi connectivity index (χ0v) is 16.0. The van der Waals surface area contributed by atoms with Crippen molar-refractivity contribution in [3.05, 3.63) is 0 Å². The van der Waals surface area contributed by atoms with E-state index in [1.54, 1.807) is 0 Å². The quantitative estimate of drug-likeness (QED) is 0.247. The summed E-state index contributed by atoms with van der Waals surface area (Å²) in [6, 6.07) is 0. The molecule has 0 aliphatic carbocycles. The molecule has 0 unspecified atom stereocenters. The molecule has 0 aromatic rings. The average molecular weight is 413 g/mol. The van der Waals surface area contributed by atoms with Crippen LogP contribution in [0.3, 0.4) is 0 Å². The van der Waals surface area contributed by atoms with Gasteiger partial charge in [-0.2, -0.15) is 0 Å². The molecule has 1 rings (SSSR count). The topological polar surface area (TPSA) is 74.9 Å². The highest BCUT2D eigenvalue weighted by molar-refractivity contribution is 14.0. The molecular formula is C14H32IN5O. The maximum Gasteiger partial charge on any atom is 0.188 e. The van der Waals surface area contributed by atoms with E-state index < -0.39 is 0 Å². The van der Waals surface area contributed by atoms with Crippen LogP contribution in [0.25, 0.3) is 0 Å². The largest absolute Gasteiger partial charge is 0.379 e. The molecular weight excluding hydrogens is 381 g/mol. The van der Waals surface area contributed by atoms with Gasteiger partial charge in [0.15, 0.2) is 5.96 Å². The fraction of sp³-hybridized carbons (Fsp3) is 0.929. The average Bonchev–Trinajstić information content (AvgIpc) is 2.40. The van der Waals surface area contributed by atoms with E-state index >= 15 is 0 Å². The monoisotopic (exact) mass is 413 g/mol. The number of aliphatic imine (C=N–C) groups is 1. The first-order chi connectivity index (χ1) is 9.47. The van der Waals surface area contributed by atoms with Crippen molar-refractivity contribution in [3.63, 3.8) is 0 Å². The summed E-state index contributed by atoms with van der Waals surface area (Å²) in [5.74, 6) is 0.544. The van der Waals surface area contributed by atoms with Crippen molar-refractivity contribution in [2.45, 2.75) is 32.7 Å². The lowest BCUT2D eigenvalue weighted by Crippen LogP contribution is -2.43. The molecule has 0 atom stereocenters. The number of rotatable bonds is 7. The Balaban J connectivity index is 0.00000400. The lowest BCUT2D eigenvalue weighted by molar-refractivity contribution is 0.0377. The van der Waals surface area contributed by atoms with Crippen LogP contribution in [-0.4, -0.2) is 68.9 Å². The second-order valence-electron chi connectivity index (χ2n) is 6.18. The molecule has 0 aromatic carbocycles. The standard InChI is InChI=1S/C14H31N5O.HI/c1-14(2,3)18-7-6-17-13(15)16-5-4-8-19-9-11-20-12-10-19;/h18H,4-12H2,1-3H3,(H3,15,16,17);1H. The van der Waals surface area contributed by atoms with Gasteiger partial charge in [0, 0.05) is 44.8 Å². The number of halogens is 1. The smallest absolute Gasteiger partial charge is 0.188 e. The molecule has 0 spiro atoms. The van der Waals surface area contributed by atoms with Gasteiger partial charge in [-0.1, -0.05) is 0 Å². The summed E-state index contributed by atoms with van der Waals surface area (Å²) < 4.78 is 5.32. The molecule has 0 aromatic heterocycles. The van der Waals surface area contributed by atoms with Crippen LogP contribution in [0.5, 0.6) is 0 Å². The maximum atomic E-state index is 5.82. The van der Waals surface area contributed by atoms with E-state index in [1.807, 2.05) is 0 Å². The lowest BCUT2D eigenvalue weighted by Gasteiger charge is -2.26. The summed E-state index contributed by atoms with van der Waals surface area (Å²) in [5.41, 5.74) is 5.96. The highest BCUT2D eigenvalue weighted by Crippen LogP contribution is 1.98. The van der Waals surface area contributed by atoms with E-state index in [1.165, 1.54) is 0 Å². The molecule has 0 bridgehead atoms. The highest BCUT2D eigenvalue weighted by atomic mass is 127. The molecule has 0 radical (unpaired) electrons. The van der Waals surface area contributed by atoms with Gasteiger partial charge in [0.1, 0.15) is 0 Å². The minimum absolute atomic E-state index is 0. The van der Waals surface area contributed by atoms with Gasteiger partial charge in [0.05, 0.1) is 13.2 Å². The third kappa shape index (κ3) is 12.1. The number of nitrogens with two attached hydrogens (primary N) is 1. The number of morpholine rings is 1. The first kappa shape index (κ1) is 20.9. The van der Waals surface area contributed by atoms with Crippen LogP contribution < -0.4 is 16.4 Å². The molecule has 7 heteroatoms. The first-order valence-electron chi connectivity index (χ1n) is 7.56. The van der Waals surface area contributed by atoms with Gasteiger partial charge in [-0.05, 0) is 27.2 Å². The van der Waals surface area contributed by atoms with Gasteiger partial charge in [-0.15, -0.1) is 24.0 Å². The molecule has 0 amide bonds. The van der Waals surface area contributed by atoms with Crippen LogP contribution in [-0.2, 0) is 4.74 Å². The van der Waals surface area contributed by atoms with Gasteiger partial charge in [-0.25, -0.2) is 0 Å². The Morgan fingerprint density at radius 2 is 1.90 bits per heavy atom. The van der Waals surface area contributed by atoms with Crippen LogP contribution >= 0.6 is 24.0 Å². The van der Waals surface area contributed by atoms with Crippen LogP contribution in [0.15, 0.2) is 4.99 Å². The SMILES string of the molecule is CC(C)(C)NCCNC(N)=NCCCN1CCOCC1.I. The molecule has 21 heavy (non-hydrogen) atoms. The Labute approximate surface area is 146 Å². The fourth-order valence-corrected chi connectivity index (χ4v) is 2.00. The zero-order valence-electron chi connectivity index (χ0n) is 13.7. The second-order valence-corrected chi connectivity index (χ2v) is 6.18. The normalized spacial score (nSPS) is 17.4. The van der Waals surface area contributed by atoms with E-state index in [2.05, 4.69) is 41.3 Å². The predicted molar refractivity (Wildman–Crippen MR) is 99.5 cm³/mol. The van der Waals surface area contributed by atoms with Crippen molar-refractivity contribution in [2.24, 2.45) is 10.7 Å². The van der Waals surface area contributed by atoms with Crippen molar-refractivity contribution in [3.8, 4) is 0 Å². The summed E-state index contributed by atoms with van der Waals surface area (Å²) in [6.07, 6.45) is 1.04. The molecule has 126 valence electrons. The third-order valence-electron chi connectivity index (χ3n) is 3.10. The second kappa shape index (κ2) is 11.4. The van der Waals surface area contributed by atoms with Gasteiger partial charge in [0.2, 0.25) is 0 Å². The van der Waals surface area contributed by atoms with Gasteiger partial charge in [0.25, 0.3) is 0 Å². The number of nitrogens with one attached hydrogen (secondary N) is 2. The summed E-state index contributed by atoms with van der Waals surface area (Å²) in [4.78, 5) is 6.75. The summed E-state index contributed by atoms with van der Waals surface area (Å²) in [5, 5.41) is 6.52. The minimum atomic E-state index is 0. The van der Waals surface area contributed by atoms with Crippen molar-refractivity contribution < 1.29 is 4.74 Å². The van der Waals surface area contributed by atoms with Crippen molar-refractivity contribution in [2.75, 3.05) is 52.5 Å². The Bertz CT molecular complexity index is 288. The van der Waals surface area contributed by atoms with Gasteiger partial charge < -0.3 is 21.1 Å². The Morgan fingerprint density at radius 3 is 2.52 bits per heavy atom. The molecule has 4 N–H and O–H groups in total. The zero-order chi connectivity index (χ0) is 14.8. The molecule has 1 fully saturated rings.